The third-order valence-electron chi connectivity index (χ3n) is 12.6. The van der Waals surface area contributed by atoms with E-state index in [1.54, 1.807) is 0 Å². The Bertz CT molecular complexity index is 3380. The van der Waals surface area contributed by atoms with Crippen molar-refractivity contribution in [2.75, 3.05) is 0 Å². The van der Waals surface area contributed by atoms with E-state index in [1.165, 1.54) is 119 Å². The standard InChI is InChI=1S/C55H36S/c1-55(2)47-32-38(28-29-45(47)51-52-46-22-12-13-23-48(46)56-54(52)44-21-11-10-20-43(44)53(51)55)50-41-18-8-6-16-39(41)49(40-17-7-9-19-42(40)50)37-27-26-35-30-34(24-25-36(35)31-37)33-14-4-3-5-15-33/h3-32H,1-2H3. The lowest BCUT2D eigenvalue weighted by atomic mass is 9.78. The van der Waals surface area contributed by atoms with Crippen LogP contribution in [0, 0.1) is 0 Å². The van der Waals surface area contributed by atoms with Crippen LogP contribution in [0.25, 0.3) is 108 Å². The fourth-order valence-corrected chi connectivity index (χ4v) is 11.3. The lowest BCUT2D eigenvalue weighted by Crippen LogP contribution is -2.15. The van der Waals surface area contributed by atoms with E-state index < -0.39 is 0 Å². The average molecular weight is 729 g/mol. The summed E-state index contributed by atoms with van der Waals surface area (Å²) in [4.78, 5) is 0. The fraction of sp³-hybridized carbons (Fsp3) is 0.0545. The number of rotatable bonds is 3. The van der Waals surface area contributed by atoms with Gasteiger partial charge in [-0.05, 0) is 123 Å². The van der Waals surface area contributed by atoms with Crippen molar-refractivity contribution in [3.63, 3.8) is 0 Å². The van der Waals surface area contributed by atoms with E-state index in [0.717, 1.165) is 0 Å². The molecular formula is C55H36S. The summed E-state index contributed by atoms with van der Waals surface area (Å²) in [5.41, 5.74) is 13.0. The zero-order chi connectivity index (χ0) is 37.1. The molecule has 0 fully saturated rings. The molecule has 0 saturated heterocycles. The molecule has 12 rings (SSSR count). The molecule has 1 aliphatic carbocycles. The van der Waals surface area contributed by atoms with Crippen LogP contribution >= 0.6 is 11.3 Å². The molecule has 1 heterocycles. The topological polar surface area (TPSA) is 0 Å². The fourth-order valence-electron chi connectivity index (χ4n) is 10.1. The van der Waals surface area contributed by atoms with Gasteiger partial charge in [0.1, 0.15) is 0 Å². The van der Waals surface area contributed by atoms with Gasteiger partial charge < -0.3 is 0 Å². The normalized spacial score (nSPS) is 13.3. The molecule has 0 saturated carbocycles. The van der Waals surface area contributed by atoms with E-state index in [0.29, 0.717) is 0 Å². The zero-order valence-corrected chi connectivity index (χ0v) is 32.0. The molecular weight excluding hydrogens is 693 g/mol. The maximum atomic E-state index is 2.53. The van der Waals surface area contributed by atoms with Crippen LogP contribution in [-0.4, -0.2) is 0 Å². The van der Waals surface area contributed by atoms with Crippen LogP contribution in [0.1, 0.15) is 25.0 Å². The molecule has 0 bridgehead atoms. The summed E-state index contributed by atoms with van der Waals surface area (Å²) in [7, 11) is 0. The smallest absolute Gasteiger partial charge is 0.0440 e. The monoisotopic (exact) mass is 728 g/mol. The Kier molecular flexibility index (Phi) is 6.66. The first-order valence-electron chi connectivity index (χ1n) is 19.6. The highest BCUT2D eigenvalue weighted by Crippen LogP contribution is 2.58. The molecule has 0 aliphatic heterocycles. The third-order valence-corrected chi connectivity index (χ3v) is 13.8. The molecule has 0 unspecified atom stereocenters. The molecule has 0 atom stereocenters. The first kappa shape index (κ1) is 31.8. The van der Waals surface area contributed by atoms with Crippen LogP contribution in [0.3, 0.4) is 0 Å². The van der Waals surface area contributed by atoms with Crippen molar-refractivity contribution in [2.45, 2.75) is 19.3 Å². The van der Waals surface area contributed by atoms with Crippen molar-refractivity contribution in [1.82, 2.24) is 0 Å². The van der Waals surface area contributed by atoms with Gasteiger partial charge >= 0.3 is 0 Å². The minimum absolute atomic E-state index is 0.186. The summed E-state index contributed by atoms with van der Waals surface area (Å²) in [6, 6.07) is 68.0. The van der Waals surface area contributed by atoms with Gasteiger partial charge in [-0.15, -0.1) is 11.3 Å². The van der Waals surface area contributed by atoms with Gasteiger partial charge in [-0.1, -0.05) is 172 Å². The van der Waals surface area contributed by atoms with Crippen LogP contribution in [0.2, 0.25) is 0 Å². The van der Waals surface area contributed by atoms with Crippen molar-refractivity contribution in [2.24, 2.45) is 0 Å². The SMILES string of the molecule is CC1(C)c2cc(-c3c4ccccc4c(-c4ccc5cc(-c6ccccc6)ccc5c4)c4ccccc34)ccc2-c2c1c1ccccc1c1sc3ccccc3c21. The maximum Gasteiger partial charge on any atom is 0.0440 e. The maximum absolute atomic E-state index is 2.53. The quantitative estimate of drug-likeness (QED) is 0.159. The highest BCUT2D eigenvalue weighted by atomic mass is 32.1. The molecule has 0 radical (unpaired) electrons. The summed E-state index contributed by atoms with van der Waals surface area (Å²) < 4.78 is 2.75. The predicted molar refractivity (Wildman–Crippen MR) is 243 cm³/mol. The number of hydrogen-bond donors (Lipinski definition) is 0. The molecule has 1 heteroatoms. The summed E-state index contributed by atoms with van der Waals surface area (Å²) in [5, 5.41) is 13.1. The van der Waals surface area contributed by atoms with Crippen LogP contribution in [0.5, 0.6) is 0 Å². The largest absolute Gasteiger partial charge is 0.135 e. The van der Waals surface area contributed by atoms with Gasteiger partial charge in [0.2, 0.25) is 0 Å². The number of thiophene rings is 1. The molecule has 1 aromatic heterocycles. The molecule has 0 spiro atoms. The number of hydrogen-bond acceptors (Lipinski definition) is 1. The Morgan fingerprint density at radius 3 is 1.54 bits per heavy atom. The summed E-state index contributed by atoms with van der Waals surface area (Å²) >= 11 is 1.93. The van der Waals surface area contributed by atoms with Crippen molar-refractivity contribution in [3.05, 3.63) is 193 Å². The first-order valence-corrected chi connectivity index (χ1v) is 20.4. The van der Waals surface area contributed by atoms with Crippen molar-refractivity contribution in [1.29, 1.82) is 0 Å². The minimum atomic E-state index is -0.186. The average Bonchev–Trinajstić information content (AvgIpc) is 3.75. The lowest BCUT2D eigenvalue weighted by Gasteiger charge is -2.24. The van der Waals surface area contributed by atoms with E-state index >= 15 is 0 Å². The molecule has 11 aromatic rings. The molecule has 262 valence electrons. The number of benzene rings is 10. The van der Waals surface area contributed by atoms with Gasteiger partial charge in [-0.3, -0.25) is 0 Å². The molecule has 1 aliphatic rings. The zero-order valence-electron chi connectivity index (χ0n) is 31.2. The van der Waals surface area contributed by atoms with E-state index in [1.807, 2.05) is 11.3 Å². The van der Waals surface area contributed by atoms with Crippen LogP contribution in [0.4, 0.5) is 0 Å². The van der Waals surface area contributed by atoms with E-state index in [2.05, 4.69) is 196 Å². The Morgan fingerprint density at radius 1 is 0.375 bits per heavy atom. The Morgan fingerprint density at radius 2 is 0.875 bits per heavy atom. The van der Waals surface area contributed by atoms with Gasteiger partial charge in [0.15, 0.2) is 0 Å². The second-order valence-corrected chi connectivity index (χ2v) is 17.0. The highest BCUT2D eigenvalue weighted by molar-refractivity contribution is 7.26. The molecule has 0 nitrogen and oxygen atoms in total. The van der Waals surface area contributed by atoms with Crippen LogP contribution in [-0.2, 0) is 5.41 Å². The third kappa shape index (κ3) is 4.41. The van der Waals surface area contributed by atoms with E-state index in [-0.39, 0.29) is 5.41 Å². The Hall–Kier alpha value is -6.54. The summed E-state index contributed by atoms with van der Waals surface area (Å²) in [5.74, 6) is 0. The van der Waals surface area contributed by atoms with Crippen LogP contribution in [0.15, 0.2) is 182 Å². The molecule has 10 aromatic carbocycles. The minimum Gasteiger partial charge on any atom is -0.135 e. The van der Waals surface area contributed by atoms with Crippen LogP contribution < -0.4 is 0 Å². The first-order chi connectivity index (χ1) is 27.5. The van der Waals surface area contributed by atoms with E-state index in [9.17, 15) is 0 Å². The number of fused-ring (bicyclic) bond motifs is 13. The predicted octanol–water partition coefficient (Wildman–Crippen LogP) is 16.0. The van der Waals surface area contributed by atoms with Crippen molar-refractivity contribution >= 4 is 74.6 Å². The second-order valence-electron chi connectivity index (χ2n) is 16.0. The highest BCUT2D eigenvalue weighted by Gasteiger charge is 2.39. The molecule has 0 amide bonds. The van der Waals surface area contributed by atoms with Crippen molar-refractivity contribution < 1.29 is 0 Å². The lowest BCUT2D eigenvalue weighted by molar-refractivity contribution is 0.667. The molecule has 0 N–H and O–H groups in total. The summed E-state index contributed by atoms with van der Waals surface area (Å²) in [6.45, 7) is 4.88. The van der Waals surface area contributed by atoms with Gasteiger partial charge in [0, 0.05) is 25.6 Å². The van der Waals surface area contributed by atoms with E-state index in [4.69, 9.17) is 0 Å². The summed E-state index contributed by atoms with van der Waals surface area (Å²) in [6.07, 6.45) is 0. The van der Waals surface area contributed by atoms with Gasteiger partial charge in [-0.2, -0.15) is 0 Å². The van der Waals surface area contributed by atoms with Gasteiger partial charge in [0.25, 0.3) is 0 Å². The van der Waals surface area contributed by atoms with Crippen molar-refractivity contribution in [3.8, 4) is 44.5 Å². The molecule has 56 heavy (non-hydrogen) atoms. The Balaban J connectivity index is 1.08. The van der Waals surface area contributed by atoms with Gasteiger partial charge in [-0.25, -0.2) is 0 Å². The second kappa shape index (κ2) is 11.7. The Labute approximate surface area is 329 Å². The van der Waals surface area contributed by atoms with Gasteiger partial charge in [0.05, 0.1) is 0 Å².